The van der Waals surface area contributed by atoms with E-state index in [2.05, 4.69) is 0 Å². The van der Waals surface area contributed by atoms with E-state index in [1.165, 1.54) is 6.07 Å². The molecule has 2 aromatic rings. The molecule has 0 bridgehead atoms. The minimum Gasteiger partial charge on any atom is -0.497 e. The number of rotatable bonds is 2. The van der Waals surface area contributed by atoms with E-state index in [4.69, 9.17) is 4.74 Å². The Balaban J connectivity index is 2.38. The van der Waals surface area contributed by atoms with Crippen LogP contribution in [-0.2, 0) is 0 Å². The lowest BCUT2D eigenvalue weighted by Gasteiger charge is -2.04. The summed E-state index contributed by atoms with van der Waals surface area (Å²) < 4.78 is 30.8. The summed E-state index contributed by atoms with van der Waals surface area (Å²) in [7, 11) is 1.58. The lowest BCUT2D eigenvalue weighted by Crippen LogP contribution is -1.86. The zero-order chi connectivity index (χ0) is 11.5. The molecular formula is C13H10F2O. The number of methoxy groups -OCH3 is 1. The molecule has 0 N–H and O–H groups in total. The number of hydrogen-bond acceptors (Lipinski definition) is 1. The molecule has 82 valence electrons. The van der Waals surface area contributed by atoms with Gasteiger partial charge in [0.05, 0.1) is 7.11 Å². The quantitative estimate of drug-likeness (QED) is 0.750. The summed E-state index contributed by atoms with van der Waals surface area (Å²) in [5.74, 6) is -0.947. The molecule has 2 aromatic carbocycles. The summed E-state index contributed by atoms with van der Waals surface area (Å²) in [4.78, 5) is 0. The summed E-state index contributed by atoms with van der Waals surface area (Å²) in [6.07, 6.45) is 0. The van der Waals surface area contributed by atoms with E-state index in [1.807, 2.05) is 0 Å². The number of hydrogen-bond donors (Lipinski definition) is 0. The largest absolute Gasteiger partial charge is 0.497 e. The van der Waals surface area contributed by atoms with Gasteiger partial charge in [0.15, 0.2) is 11.6 Å². The minimum atomic E-state index is -0.840. The van der Waals surface area contributed by atoms with Crippen molar-refractivity contribution >= 4 is 0 Å². The van der Waals surface area contributed by atoms with E-state index in [9.17, 15) is 8.78 Å². The fourth-order valence-corrected chi connectivity index (χ4v) is 1.46. The molecule has 0 aliphatic carbocycles. The molecule has 0 aromatic heterocycles. The maximum Gasteiger partial charge on any atom is 0.159 e. The highest BCUT2D eigenvalue weighted by Gasteiger charge is 2.04. The molecule has 0 radical (unpaired) electrons. The van der Waals surface area contributed by atoms with E-state index in [0.717, 1.165) is 17.4 Å². The molecule has 0 aliphatic heterocycles. The van der Waals surface area contributed by atoms with Gasteiger partial charge in [-0.2, -0.15) is 0 Å². The van der Waals surface area contributed by atoms with Crippen molar-refractivity contribution < 1.29 is 13.5 Å². The van der Waals surface area contributed by atoms with Crippen molar-refractivity contribution in [2.75, 3.05) is 7.11 Å². The van der Waals surface area contributed by atoms with E-state index < -0.39 is 11.6 Å². The van der Waals surface area contributed by atoms with E-state index in [0.29, 0.717) is 5.56 Å². The second-order valence-corrected chi connectivity index (χ2v) is 3.36. The SMILES string of the molecule is COc1ccc(-c2ccc(F)c(F)c2)cc1. The van der Waals surface area contributed by atoms with Crippen molar-refractivity contribution in [1.82, 2.24) is 0 Å². The van der Waals surface area contributed by atoms with Crippen LogP contribution >= 0.6 is 0 Å². The lowest BCUT2D eigenvalue weighted by molar-refractivity contribution is 0.415. The second-order valence-electron chi connectivity index (χ2n) is 3.36. The molecule has 0 spiro atoms. The van der Waals surface area contributed by atoms with Gasteiger partial charge in [-0.15, -0.1) is 0 Å². The second kappa shape index (κ2) is 4.31. The fourth-order valence-electron chi connectivity index (χ4n) is 1.46. The van der Waals surface area contributed by atoms with Crippen LogP contribution in [-0.4, -0.2) is 7.11 Å². The van der Waals surface area contributed by atoms with Gasteiger partial charge in [-0.3, -0.25) is 0 Å². The normalized spacial score (nSPS) is 10.2. The van der Waals surface area contributed by atoms with Crippen LogP contribution in [0.2, 0.25) is 0 Å². The van der Waals surface area contributed by atoms with Crippen LogP contribution in [0.25, 0.3) is 11.1 Å². The summed E-state index contributed by atoms with van der Waals surface area (Å²) >= 11 is 0. The highest BCUT2D eigenvalue weighted by Crippen LogP contribution is 2.23. The molecule has 16 heavy (non-hydrogen) atoms. The standard InChI is InChI=1S/C13H10F2O/c1-16-11-5-2-9(3-6-11)10-4-7-12(14)13(15)8-10/h2-8H,1H3. The maximum absolute atomic E-state index is 13.0. The summed E-state index contributed by atoms with van der Waals surface area (Å²) in [6.45, 7) is 0. The molecule has 0 fully saturated rings. The molecule has 0 aliphatic rings. The van der Waals surface area contributed by atoms with Crippen molar-refractivity contribution in [3.8, 4) is 16.9 Å². The van der Waals surface area contributed by atoms with Crippen LogP contribution in [0, 0.1) is 11.6 Å². The topological polar surface area (TPSA) is 9.23 Å². The first-order chi connectivity index (χ1) is 7.70. The predicted molar refractivity (Wildman–Crippen MR) is 58.3 cm³/mol. The summed E-state index contributed by atoms with van der Waals surface area (Å²) in [5.41, 5.74) is 1.46. The van der Waals surface area contributed by atoms with E-state index in [1.54, 1.807) is 37.4 Å². The minimum absolute atomic E-state index is 0.640. The van der Waals surface area contributed by atoms with Crippen molar-refractivity contribution in [3.05, 3.63) is 54.1 Å². The highest BCUT2D eigenvalue weighted by atomic mass is 19.2. The predicted octanol–water partition coefficient (Wildman–Crippen LogP) is 3.64. The first-order valence-electron chi connectivity index (χ1n) is 4.80. The third-order valence-corrected chi connectivity index (χ3v) is 2.34. The molecule has 3 heteroatoms. The van der Waals surface area contributed by atoms with Crippen molar-refractivity contribution in [2.24, 2.45) is 0 Å². The highest BCUT2D eigenvalue weighted by molar-refractivity contribution is 5.64. The average Bonchev–Trinajstić information content (AvgIpc) is 2.33. The zero-order valence-corrected chi connectivity index (χ0v) is 8.71. The Morgan fingerprint density at radius 1 is 0.812 bits per heavy atom. The van der Waals surface area contributed by atoms with Crippen LogP contribution < -0.4 is 4.74 Å². The van der Waals surface area contributed by atoms with Crippen LogP contribution in [0.15, 0.2) is 42.5 Å². The number of ether oxygens (including phenoxy) is 1. The van der Waals surface area contributed by atoms with Gasteiger partial charge < -0.3 is 4.74 Å². The van der Waals surface area contributed by atoms with Gasteiger partial charge in [0.2, 0.25) is 0 Å². The first-order valence-corrected chi connectivity index (χ1v) is 4.80. The van der Waals surface area contributed by atoms with Gasteiger partial charge in [0.25, 0.3) is 0 Å². The Kier molecular flexibility index (Phi) is 2.86. The molecule has 0 unspecified atom stereocenters. The van der Waals surface area contributed by atoms with Crippen LogP contribution in [0.1, 0.15) is 0 Å². The maximum atomic E-state index is 13.0. The molecule has 2 rings (SSSR count). The van der Waals surface area contributed by atoms with Crippen molar-refractivity contribution in [3.63, 3.8) is 0 Å². The monoisotopic (exact) mass is 220 g/mol. The van der Waals surface area contributed by atoms with Crippen LogP contribution in [0.3, 0.4) is 0 Å². The molecule has 0 atom stereocenters. The van der Waals surface area contributed by atoms with Gasteiger partial charge in [0, 0.05) is 0 Å². The van der Waals surface area contributed by atoms with Crippen LogP contribution in [0.4, 0.5) is 8.78 Å². The Labute approximate surface area is 92.3 Å². The number of halogens is 2. The Morgan fingerprint density at radius 2 is 1.44 bits per heavy atom. The zero-order valence-electron chi connectivity index (χ0n) is 8.71. The number of benzene rings is 2. The average molecular weight is 220 g/mol. The molecule has 1 nitrogen and oxygen atoms in total. The van der Waals surface area contributed by atoms with Gasteiger partial charge in [-0.1, -0.05) is 18.2 Å². The Hall–Kier alpha value is -1.90. The van der Waals surface area contributed by atoms with E-state index >= 15 is 0 Å². The summed E-state index contributed by atoms with van der Waals surface area (Å²) in [6, 6.07) is 11.0. The van der Waals surface area contributed by atoms with Gasteiger partial charge in [0.1, 0.15) is 5.75 Å². The van der Waals surface area contributed by atoms with Crippen molar-refractivity contribution in [2.45, 2.75) is 0 Å². The third kappa shape index (κ3) is 2.03. The lowest BCUT2D eigenvalue weighted by atomic mass is 10.1. The molecule has 0 saturated carbocycles. The van der Waals surface area contributed by atoms with Gasteiger partial charge >= 0.3 is 0 Å². The molecule has 0 saturated heterocycles. The summed E-state index contributed by atoms with van der Waals surface area (Å²) in [5, 5.41) is 0. The fraction of sp³-hybridized carbons (Fsp3) is 0.0769. The van der Waals surface area contributed by atoms with Gasteiger partial charge in [-0.05, 0) is 35.4 Å². The smallest absolute Gasteiger partial charge is 0.159 e. The Morgan fingerprint density at radius 3 is 2.00 bits per heavy atom. The van der Waals surface area contributed by atoms with Crippen LogP contribution in [0.5, 0.6) is 5.75 Å². The molecular weight excluding hydrogens is 210 g/mol. The Bertz CT molecular complexity index is 492. The van der Waals surface area contributed by atoms with Gasteiger partial charge in [-0.25, -0.2) is 8.78 Å². The van der Waals surface area contributed by atoms with E-state index in [-0.39, 0.29) is 0 Å². The third-order valence-electron chi connectivity index (χ3n) is 2.34. The first kappa shape index (κ1) is 10.6. The molecule has 0 amide bonds. The van der Waals surface area contributed by atoms with Crippen molar-refractivity contribution in [1.29, 1.82) is 0 Å². The molecule has 0 heterocycles.